The topological polar surface area (TPSA) is 64.6 Å². The predicted octanol–water partition coefficient (Wildman–Crippen LogP) is 3.96. The zero-order valence-corrected chi connectivity index (χ0v) is 16.9. The van der Waals surface area contributed by atoms with Crippen LogP contribution in [0.3, 0.4) is 0 Å². The van der Waals surface area contributed by atoms with Crippen molar-refractivity contribution in [2.24, 2.45) is 23.2 Å². The monoisotopic (exact) mass is 385 g/mol. The van der Waals surface area contributed by atoms with E-state index in [2.05, 4.69) is 12.2 Å². The molecule has 0 spiro atoms. The highest BCUT2D eigenvalue weighted by Crippen LogP contribution is 2.61. The van der Waals surface area contributed by atoms with Gasteiger partial charge in [-0.05, 0) is 99.8 Å². The minimum atomic E-state index is -0.486. The van der Waals surface area contributed by atoms with Crippen LogP contribution in [0.4, 0.5) is 0 Å². The maximum absolute atomic E-state index is 12.4. The summed E-state index contributed by atoms with van der Waals surface area (Å²) >= 11 is 0. The van der Waals surface area contributed by atoms with Gasteiger partial charge < -0.3 is 14.8 Å². The number of hydrogen-bond acceptors (Lipinski definition) is 4. The van der Waals surface area contributed by atoms with E-state index < -0.39 is 5.97 Å². The summed E-state index contributed by atoms with van der Waals surface area (Å²) in [6, 6.07) is 6.91. The van der Waals surface area contributed by atoms with E-state index in [0.29, 0.717) is 17.9 Å². The van der Waals surface area contributed by atoms with Gasteiger partial charge in [0.2, 0.25) is 0 Å². The van der Waals surface area contributed by atoms with Gasteiger partial charge in [0.1, 0.15) is 5.75 Å². The molecule has 1 atom stereocenters. The highest BCUT2D eigenvalue weighted by Gasteiger charge is 2.53. The minimum absolute atomic E-state index is 0.137. The van der Waals surface area contributed by atoms with Crippen molar-refractivity contribution in [1.29, 1.82) is 0 Å². The summed E-state index contributed by atoms with van der Waals surface area (Å²) in [6.45, 7) is 4.39. The fourth-order valence-electron chi connectivity index (χ4n) is 6.21. The molecular formula is C23H31NO4. The van der Waals surface area contributed by atoms with Crippen molar-refractivity contribution in [2.45, 2.75) is 58.4 Å². The van der Waals surface area contributed by atoms with Crippen LogP contribution in [0.1, 0.15) is 62.7 Å². The summed E-state index contributed by atoms with van der Waals surface area (Å²) in [4.78, 5) is 24.6. The SMILES string of the molecule is CCOc1ccc(C(=O)OCC(=O)N[C@@H](C)C23CC4CC(CC(C4)C2)C3)cc1. The van der Waals surface area contributed by atoms with Gasteiger partial charge in [0, 0.05) is 6.04 Å². The molecular weight excluding hydrogens is 354 g/mol. The molecule has 152 valence electrons. The molecule has 4 saturated carbocycles. The van der Waals surface area contributed by atoms with Crippen LogP contribution in [0.25, 0.3) is 0 Å². The van der Waals surface area contributed by atoms with E-state index in [-0.39, 0.29) is 24.0 Å². The highest BCUT2D eigenvalue weighted by molar-refractivity contribution is 5.91. The Bertz CT molecular complexity index is 691. The van der Waals surface area contributed by atoms with Crippen molar-refractivity contribution in [2.75, 3.05) is 13.2 Å². The molecule has 0 aromatic heterocycles. The third-order valence-corrected chi connectivity index (χ3v) is 7.12. The van der Waals surface area contributed by atoms with Gasteiger partial charge in [-0.25, -0.2) is 4.79 Å². The van der Waals surface area contributed by atoms with Crippen LogP contribution in [0.2, 0.25) is 0 Å². The Kier molecular flexibility index (Phi) is 5.35. The average Bonchev–Trinajstić information content (AvgIpc) is 2.66. The van der Waals surface area contributed by atoms with Crippen molar-refractivity contribution in [1.82, 2.24) is 5.32 Å². The molecule has 5 heteroatoms. The number of carbonyl (C=O) groups excluding carboxylic acids is 2. The third-order valence-electron chi connectivity index (χ3n) is 7.12. The van der Waals surface area contributed by atoms with Crippen LogP contribution in [0.15, 0.2) is 24.3 Å². The molecule has 1 amide bonds. The van der Waals surface area contributed by atoms with Gasteiger partial charge in [-0.2, -0.15) is 0 Å². The molecule has 0 heterocycles. The molecule has 0 saturated heterocycles. The Hall–Kier alpha value is -2.04. The number of rotatable bonds is 7. The average molecular weight is 386 g/mol. The van der Waals surface area contributed by atoms with Gasteiger partial charge in [0.05, 0.1) is 12.2 Å². The van der Waals surface area contributed by atoms with E-state index in [9.17, 15) is 9.59 Å². The first-order valence-corrected chi connectivity index (χ1v) is 10.7. The van der Waals surface area contributed by atoms with E-state index in [1.807, 2.05) is 6.92 Å². The first kappa shape index (κ1) is 19.3. The standard InChI is InChI=1S/C23H31NO4/c1-3-27-20-6-4-19(5-7-20)22(26)28-14-21(25)24-15(2)23-11-16-8-17(12-23)10-18(9-16)13-23/h4-7,15-18H,3,8-14H2,1-2H3,(H,24,25)/t15-,16?,17?,18?,23?/m0/s1. The summed E-state index contributed by atoms with van der Waals surface area (Å²) in [5.74, 6) is 2.57. The van der Waals surface area contributed by atoms with Gasteiger partial charge in [0.25, 0.3) is 5.91 Å². The summed E-state index contributed by atoms with van der Waals surface area (Å²) in [5.41, 5.74) is 0.675. The number of carbonyl (C=O) groups is 2. The van der Waals surface area contributed by atoms with Gasteiger partial charge in [-0.1, -0.05) is 0 Å². The second kappa shape index (κ2) is 7.76. The molecule has 1 aromatic carbocycles. The maximum Gasteiger partial charge on any atom is 0.338 e. The minimum Gasteiger partial charge on any atom is -0.494 e. The molecule has 1 aromatic rings. The predicted molar refractivity (Wildman–Crippen MR) is 106 cm³/mol. The summed E-state index contributed by atoms with van der Waals surface area (Å²) in [7, 11) is 0. The largest absolute Gasteiger partial charge is 0.494 e. The van der Waals surface area contributed by atoms with Crippen LogP contribution in [0, 0.1) is 23.2 Å². The zero-order chi connectivity index (χ0) is 19.7. The van der Waals surface area contributed by atoms with Crippen molar-refractivity contribution >= 4 is 11.9 Å². The van der Waals surface area contributed by atoms with E-state index in [1.165, 1.54) is 38.5 Å². The zero-order valence-electron chi connectivity index (χ0n) is 16.9. The van der Waals surface area contributed by atoms with Crippen LogP contribution in [-0.2, 0) is 9.53 Å². The normalized spacial score (nSPS) is 31.3. The lowest BCUT2D eigenvalue weighted by Crippen LogP contribution is -2.56. The number of benzene rings is 1. The smallest absolute Gasteiger partial charge is 0.338 e. The van der Waals surface area contributed by atoms with Gasteiger partial charge in [-0.15, -0.1) is 0 Å². The molecule has 5 rings (SSSR count). The summed E-state index contributed by atoms with van der Waals surface area (Å²) in [5, 5.41) is 3.13. The Morgan fingerprint density at radius 3 is 2.18 bits per heavy atom. The number of nitrogens with one attached hydrogen (secondary N) is 1. The Balaban J connectivity index is 1.28. The number of ether oxygens (including phenoxy) is 2. The van der Waals surface area contributed by atoms with Gasteiger partial charge in [0.15, 0.2) is 6.61 Å². The van der Waals surface area contributed by atoms with E-state index in [4.69, 9.17) is 9.47 Å². The first-order valence-electron chi connectivity index (χ1n) is 10.7. The molecule has 28 heavy (non-hydrogen) atoms. The molecule has 4 bridgehead atoms. The second-order valence-electron chi connectivity index (χ2n) is 9.10. The molecule has 0 radical (unpaired) electrons. The Morgan fingerprint density at radius 2 is 1.64 bits per heavy atom. The fourth-order valence-corrected chi connectivity index (χ4v) is 6.21. The molecule has 0 unspecified atom stereocenters. The van der Waals surface area contributed by atoms with Gasteiger partial charge >= 0.3 is 5.97 Å². The van der Waals surface area contributed by atoms with Crippen molar-refractivity contribution < 1.29 is 19.1 Å². The lowest BCUT2D eigenvalue weighted by Gasteiger charge is -2.59. The van der Waals surface area contributed by atoms with Gasteiger partial charge in [-0.3, -0.25) is 4.79 Å². The quantitative estimate of drug-likeness (QED) is 0.722. The lowest BCUT2D eigenvalue weighted by molar-refractivity contribution is -0.128. The van der Waals surface area contributed by atoms with Crippen molar-refractivity contribution in [3.05, 3.63) is 29.8 Å². The Morgan fingerprint density at radius 1 is 1.07 bits per heavy atom. The Labute approximate surface area is 167 Å². The van der Waals surface area contributed by atoms with Crippen LogP contribution >= 0.6 is 0 Å². The van der Waals surface area contributed by atoms with Crippen LogP contribution in [0.5, 0.6) is 5.75 Å². The van der Waals surface area contributed by atoms with E-state index >= 15 is 0 Å². The lowest BCUT2D eigenvalue weighted by atomic mass is 9.48. The van der Waals surface area contributed by atoms with Crippen molar-refractivity contribution in [3.8, 4) is 5.75 Å². The molecule has 4 aliphatic carbocycles. The fraction of sp³-hybridized carbons (Fsp3) is 0.652. The van der Waals surface area contributed by atoms with E-state index in [0.717, 1.165) is 17.8 Å². The first-order chi connectivity index (χ1) is 13.5. The summed E-state index contributed by atoms with van der Waals surface area (Å²) in [6.07, 6.45) is 7.89. The van der Waals surface area contributed by atoms with Crippen LogP contribution < -0.4 is 10.1 Å². The summed E-state index contributed by atoms with van der Waals surface area (Å²) < 4.78 is 10.6. The second-order valence-corrected chi connectivity index (χ2v) is 9.10. The van der Waals surface area contributed by atoms with Crippen LogP contribution in [-0.4, -0.2) is 31.1 Å². The van der Waals surface area contributed by atoms with Crippen molar-refractivity contribution in [3.63, 3.8) is 0 Å². The number of amides is 1. The van der Waals surface area contributed by atoms with E-state index in [1.54, 1.807) is 24.3 Å². The molecule has 4 aliphatic rings. The highest BCUT2D eigenvalue weighted by atomic mass is 16.5. The number of esters is 1. The number of hydrogen-bond donors (Lipinski definition) is 1. The third kappa shape index (κ3) is 3.89. The maximum atomic E-state index is 12.4. The molecule has 1 N–H and O–H groups in total. The molecule has 0 aliphatic heterocycles. The molecule has 4 fully saturated rings. The molecule has 5 nitrogen and oxygen atoms in total.